The fourth-order valence-electron chi connectivity index (χ4n) is 4.69. The van der Waals surface area contributed by atoms with Crippen LogP contribution >= 0.6 is 0 Å². The van der Waals surface area contributed by atoms with Crippen molar-refractivity contribution in [2.45, 2.75) is 13.8 Å². The predicted octanol–water partition coefficient (Wildman–Crippen LogP) is 2.86. The number of rotatable bonds is 8. The summed E-state index contributed by atoms with van der Waals surface area (Å²) in [5, 5.41) is 8.69. The van der Waals surface area contributed by atoms with Crippen molar-refractivity contribution in [1.29, 1.82) is 0 Å². The number of aromatic nitrogens is 2. The Morgan fingerprint density at radius 3 is 2.55 bits per heavy atom. The van der Waals surface area contributed by atoms with E-state index in [1.165, 1.54) is 18.8 Å². The molecular weight excluding hydrogens is 362 g/mol. The molecule has 2 unspecified atom stereocenters. The third-order valence-electron chi connectivity index (χ3n) is 6.37. The van der Waals surface area contributed by atoms with E-state index in [-0.39, 0.29) is 0 Å². The molecule has 0 radical (unpaired) electrons. The minimum Gasteiger partial charge on any atom is -0.492 e. The zero-order valence-electron chi connectivity index (χ0n) is 17.9. The standard InChI is InChI=1S/C23H33N5O/c1-4-27(5-2)9-10-29-22-8-6-7-18(11-22)23-12-21(13-24-25-23)28-16-19-14-26(3)15-20(19)17-28/h6-8,11-13,19-20H,4-5,9-10,14-17H2,1-3H3. The summed E-state index contributed by atoms with van der Waals surface area (Å²) in [4.78, 5) is 7.29. The lowest BCUT2D eigenvalue weighted by Gasteiger charge is -2.21. The molecule has 156 valence electrons. The first-order chi connectivity index (χ1) is 14.2. The van der Waals surface area contributed by atoms with Gasteiger partial charge in [0.1, 0.15) is 12.4 Å². The van der Waals surface area contributed by atoms with Crippen LogP contribution in [0, 0.1) is 11.8 Å². The molecule has 3 heterocycles. The van der Waals surface area contributed by atoms with Crippen LogP contribution in [-0.2, 0) is 0 Å². The van der Waals surface area contributed by atoms with Gasteiger partial charge in [-0.2, -0.15) is 10.2 Å². The first-order valence-electron chi connectivity index (χ1n) is 10.9. The second kappa shape index (κ2) is 9.09. The smallest absolute Gasteiger partial charge is 0.120 e. The monoisotopic (exact) mass is 395 g/mol. The lowest BCUT2D eigenvalue weighted by molar-refractivity contribution is 0.223. The summed E-state index contributed by atoms with van der Waals surface area (Å²) in [5.74, 6) is 2.44. The summed E-state index contributed by atoms with van der Waals surface area (Å²) in [5.41, 5.74) is 3.14. The van der Waals surface area contributed by atoms with Crippen LogP contribution in [0.4, 0.5) is 5.69 Å². The molecule has 2 atom stereocenters. The zero-order valence-corrected chi connectivity index (χ0v) is 17.9. The van der Waals surface area contributed by atoms with Gasteiger partial charge in [-0.1, -0.05) is 26.0 Å². The van der Waals surface area contributed by atoms with Crippen molar-refractivity contribution in [3.05, 3.63) is 36.5 Å². The van der Waals surface area contributed by atoms with Crippen LogP contribution in [0.1, 0.15) is 13.8 Å². The summed E-state index contributed by atoms with van der Waals surface area (Å²) < 4.78 is 5.99. The largest absolute Gasteiger partial charge is 0.492 e. The lowest BCUT2D eigenvalue weighted by atomic mass is 10.0. The third kappa shape index (κ3) is 4.70. The summed E-state index contributed by atoms with van der Waals surface area (Å²) in [6.45, 7) is 12.8. The number of likely N-dealkylation sites (N-methyl/N-ethyl adjacent to an activating group) is 1. The van der Waals surface area contributed by atoms with Crippen LogP contribution in [-0.4, -0.2) is 79.5 Å². The molecule has 0 saturated carbocycles. The summed E-state index contributed by atoms with van der Waals surface area (Å²) in [7, 11) is 2.23. The van der Waals surface area contributed by atoms with Crippen molar-refractivity contribution < 1.29 is 4.74 Å². The van der Waals surface area contributed by atoms with E-state index in [4.69, 9.17) is 4.74 Å². The maximum absolute atomic E-state index is 5.99. The fourth-order valence-corrected chi connectivity index (χ4v) is 4.69. The molecule has 2 aliphatic rings. The number of likely N-dealkylation sites (tertiary alicyclic amines) is 1. The Labute approximate surface area is 174 Å². The normalized spacial score (nSPS) is 21.7. The Bertz CT molecular complexity index is 795. The molecule has 6 heteroatoms. The Morgan fingerprint density at radius 1 is 1.07 bits per heavy atom. The van der Waals surface area contributed by atoms with E-state index in [0.717, 1.165) is 61.6 Å². The van der Waals surface area contributed by atoms with Gasteiger partial charge in [0.15, 0.2) is 0 Å². The molecule has 1 aromatic carbocycles. The van der Waals surface area contributed by atoms with E-state index in [1.807, 2.05) is 18.3 Å². The second-order valence-corrected chi connectivity index (χ2v) is 8.35. The molecule has 6 nitrogen and oxygen atoms in total. The minimum absolute atomic E-state index is 0.696. The molecule has 1 aromatic heterocycles. The van der Waals surface area contributed by atoms with Crippen molar-refractivity contribution in [3.63, 3.8) is 0 Å². The van der Waals surface area contributed by atoms with Crippen LogP contribution in [0.15, 0.2) is 36.5 Å². The van der Waals surface area contributed by atoms with Crippen molar-refractivity contribution in [2.75, 3.05) is 64.4 Å². The quantitative estimate of drug-likeness (QED) is 0.685. The number of benzene rings is 1. The van der Waals surface area contributed by atoms with Crippen LogP contribution in [0.3, 0.4) is 0 Å². The van der Waals surface area contributed by atoms with E-state index in [9.17, 15) is 0 Å². The molecular formula is C23H33N5O. The van der Waals surface area contributed by atoms with E-state index in [1.54, 1.807) is 0 Å². The van der Waals surface area contributed by atoms with Gasteiger partial charge in [0.25, 0.3) is 0 Å². The molecule has 0 aliphatic carbocycles. The Kier molecular flexibility index (Phi) is 6.31. The molecule has 2 aliphatic heterocycles. The molecule has 4 rings (SSSR count). The molecule has 0 bridgehead atoms. The van der Waals surface area contributed by atoms with Crippen LogP contribution in [0.5, 0.6) is 5.75 Å². The average Bonchev–Trinajstić information content (AvgIpc) is 3.29. The highest BCUT2D eigenvalue weighted by Gasteiger charge is 2.38. The first-order valence-corrected chi connectivity index (χ1v) is 10.9. The summed E-state index contributed by atoms with van der Waals surface area (Å²) >= 11 is 0. The van der Waals surface area contributed by atoms with Gasteiger partial charge in [-0.25, -0.2) is 0 Å². The average molecular weight is 396 g/mol. The van der Waals surface area contributed by atoms with Gasteiger partial charge in [-0.15, -0.1) is 0 Å². The van der Waals surface area contributed by atoms with E-state index in [2.05, 4.69) is 64.0 Å². The maximum Gasteiger partial charge on any atom is 0.120 e. The fraction of sp³-hybridized carbons (Fsp3) is 0.565. The highest BCUT2D eigenvalue weighted by molar-refractivity contribution is 5.65. The van der Waals surface area contributed by atoms with Crippen molar-refractivity contribution in [2.24, 2.45) is 11.8 Å². The lowest BCUT2D eigenvalue weighted by Crippen LogP contribution is -2.27. The predicted molar refractivity (Wildman–Crippen MR) is 117 cm³/mol. The minimum atomic E-state index is 0.696. The van der Waals surface area contributed by atoms with E-state index >= 15 is 0 Å². The number of nitrogens with zero attached hydrogens (tertiary/aromatic N) is 5. The van der Waals surface area contributed by atoms with Gasteiger partial charge in [-0.05, 0) is 50.2 Å². The Morgan fingerprint density at radius 2 is 1.83 bits per heavy atom. The maximum atomic E-state index is 5.99. The molecule has 0 spiro atoms. The Balaban J connectivity index is 1.42. The highest BCUT2D eigenvalue weighted by atomic mass is 16.5. The molecule has 2 aromatic rings. The number of hydrogen-bond donors (Lipinski definition) is 0. The number of anilines is 1. The third-order valence-corrected chi connectivity index (χ3v) is 6.37. The first kappa shape index (κ1) is 20.1. The van der Waals surface area contributed by atoms with Gasteiger partial charge in [0.2, 0.25) is 0 Å². The second-order valence-electron chi connectivity index (χ2n) is 8.35. The van der Waals surface area contributed by atoms with Crippen LogP contribution in [0.2, 0.25) is 0 Å². The number of ether oxygens (including phenoxy) is 1. The SMILES string of the molecule is CCN(CC)CCOc1cccc(-c2cc(N3CC4CN(C)CC4C3)cnn2)c1. The number of hydrogen-bond acceptors (Lipinski definition) is 6. The van der Waals surface area contributed by atoms with Gasteiger partial charge in [0, 0.05) is 38.3 Å². The summed E-state index contributed by atoms with van der Waals surface area (Å²) in [6, 6.07) is 10.4. The van der Waals surface area contributed by atoms with Crippen LogP contribution < -0.4 is 9.64 Å². The Hall–Kier alpha value is -2.18. The van der Waals surface area contributed by atoms with E-state index < -0.39 is 0 Å². The topological polar surface area (TPSA) is 44.7 Å². The van der Waals surface area contributed by atoms with Gasteiger partial charge >= 0.3 is 0 Å². The highest BCUT2D eigenvalue weighted by Crippen LogP contribution is 2.34. The molecule has 2 fully saturated rings. The van der Waals surface area contributed by atoms with Gasteiger partial charge < -0.3 is 19.4 Å². The molecule has 0 amide bonds. The summed E-state index contributed by atoms with van der Waals surface area (Å²) in [6.07, 6.45) is 1.90. The van der Waals surface area contributed by atoms with Crippen molar-refractivity contribution >= 4 is 5.69 Å². The number of fused-ring (bicyclic) bond motifs is 1. The molecule has 0 N–H and O–H groups in total. The van der Waals surface area contributed by atoms with Gasteiger partial charge in [0.05, 0.1) is 17.6 Å². The van der Waals surface area contributed by atoms with Gasteiger partial charge in [-0.3, -0.25) is 0 Å². The molecule has 29 heavy (non-hydrogen) atoms. The van der Waals surface area contributed by atoms with Crippen molar-refractivity contribution in [3.8, 4) is 17.0 Å². The molecule has 2 saturated heterocycles. The van der Waals surface area contributed by atoms with E-state index in [0.29, 0.717) is 6.61 Å². The zero-order chi connectivity index (χ0) is 20.2. The van der Waals surface area contributed by atoms with Crippen LogP contribution in [0.25, 0.3) is 11.3 Å². The van der Waals surface area contributed by atoms with Crippen molar-refractivity contribution in [1.82, 2.24) is 20.0 Å².